The maximum Gasteiger partial charge on any atom is 0.306 e. The molecular formula is C51H86O5. The maximum atomic E-state index is 12.6. The molecule has 0 aliphatic heterocycles. The standard InChI is InChI=1S/C51H86O5/c1-4-7-10-13-16-18-20-22-24-26-27-29-31-33-36-38-41-44-50(52)55-48-49(56-51(53)45-42-39-35-15-12-9-6-3)47-54-46-43-40-37-34-32-30-28-25-23-21-19-17-14-11-8-5-2/h7-8,10-11,16-19,22-25,30,32,49H,4-6,9,12-15,20-21,26-29,31,33-48H2,1-3H3/b10-7-,11-8-,18-16-,19-17-,24-22-,25-23-,32-30-. The number of hydrogen-bond donors (Lipinski definition) is 0. The lowest BCUT2D eigenvalue weighted by atomic mass is 10.1. The van der Waals surface area contributed by atoms with Crippen LogP contribution in [0.3, 0.4) is 0 Å². The zero-order chi connectivity index (χ0) is 40.7. The number of allylic oxidation sites excluding steroid dienone is 14. The summed E-state index contributed by atoms with van der Waals surface area (Å²) in [5.74, 6) is -0.437. The van der Waals surface area contributed by atoms with E-state index in [4.69, 9.17) is 14.2 Å². The van der Waals surface area contributed by atoms with E-state index in [1.807, 2.05) is 0 Å². The van der Waals surface area contributed by atoms with E-state index in [1.165, 1.54) is 51.4 Å². The number of hydrogen-bond acceptors (Lipinski definition) is 5. The van der Waals surface area contributed by atoms with Crippen LogP contribution in [0.5, 0.6) is 0 Å². The van der Waals surface area contributed by atoms with Crippen molar-refractivity contribution in [2.75, 3.05) is 19.8 Å². The highest BCUT2D eigenvalue weighted by atomic mass is 16.6. The van der Waals surface area contributed by atoms with Crippen molar-refractivity contribution >= 4 is 11.9 Å². The Bertz CT molecular complexity index is 1060. The second-order valence-corrected chi connectivity index (χ2v) is 14.9. The van der Waals surface area contributed by atoms with Crippen LogP contribution in [0.25, 0.3) is 0 Å². The minimum atomic E-state index is -0.556. The van der Waals surface area contributed by atoms with E-state index in [0.29, 0.717) is 19.4 Å². The molecule has 0 saturated carbocycles. The second kappa shape index (κ2) is 46.5. The van der Waals surface area contributed by atoms with Gasteiger partial charge in [-0.15, -0.1) is 0 Å². The third-order valence-electron chi connectivity index (χ3n) is 9.43. The molecule has 5 heteroatoms. The highest BCUT2D eigenvalue weighted by Crippen LogP contribution is 2.13. The van der Waals surface area contributed by atoms with Crippen molar-refractivity contribution in [2.24, 2.45) is 0 Å². The number of carbonyl (C=O) groups is 2. The van der Waals surface area contributed by atoms with Crippen molar-refractivity contribution in [3.8, 4) is 0 Å². The topological polar surface area (TPSA) is 61.8 Å². The quantitative estimate of drug-likeness (QED) is 0.0351. The summed E-state index contributed by atoms with van der Waals surface area (Å²) >= 11 is 0. The fourth-order valence-corrected chi connectivity index (χ4v) is 6.04. The fourth-order valence-electron chi connectivity index (χ4n) is 6.04. The van der Waals surface area contributed by atoms with Gasteiger partial charge in [0.05, 0.1) is 6.61 Å². The molecule has 0 bridgehead atoms. The molecule has 0 N–H and O–H groups in total. The Morgan fingerprint density at radius 1 is 0.411 bits per heavy atom. The minimum Gasteiger partial charge on any atom is -0.462 e. The normalized spacial score (nSPS) is 13.0. The van der Waals surface area contributed by atoms with Gasteiger partial charge in [-0.3, -0.25) is 9.59 Å². The lowest BCUT2D eigenvalue weighted by molar-refractivity contribution is -0.163. The lowest BCUT2D eigenvalue weighted by Crippen LogP contribution is -2.30. The molecular weight excluding hydrogens is 693 g/mol. The van der Waals surface area contributed by atoms with Gasteiger partial charge in [0.2, 0.25) is 0 Å². The van der Waals surface area contributed by atoms with Crippen LogP contribution in [-0.2, 0) is 23.8 Å². The highest BCUT2D eigenvalue weighted by molar-refractivity contribution is 5.70. The van der Waals surface area contributed by atoms with Crippen LogP contribution in [0.2, 0.25) is 0 Å². The molecule has 0 aliphatic carbocycles. The van der Waals surface area contributed by atoms with Crippen molar-refractivity contribution in [1.29, 1.82) is 0 Å². The first-order chi connectivity index (χ1) is 27.6. The third kappa shape index (κ3) is 43.8. The van der Waals surface area contributed by atoms with E-state index >= 15 is 0 Å². The van der Waals surface area contributed by atoms with Crippen molar-refractivity contribution in [1.82, 2.24) is 0 Å². The van der Waals surface area contributed by atoms with Crippen molar-refractivity contribution in [3.05, 3.63) is 85.1 Å². The second-order valence-electron chi connectivity index (χ2n) is 14.9. The fraction of sp³-hybridized carbons (Fsp3) is 0.686. The van der Waals surface area contributed by atoms with Crippen LogP contribution < -0.4 is 0 Å². The Morgan fingerprint density at radius 2 is 0.804 bits per heavy atom. The molecule has 56 heavy (non-hydrogen) atoms. The minimum absolute atomic E-state index is 0.0639. The molecule has 0 amide bonds. The van der Waals surface area contributed by atoms with Gasteiger partial charge in [-0.25, -0.2) is 0 Å². The van der Waals surface area contributed by atoms with Crippen LogP contribution in [0.1, 0.15) is 201 Å². The first kappa shape index (κ1) is 53.1. The molecule has 0 rings (SSSR count). The third-order valence-corrected chi connectivity index (χ3v) is 9.43. The molecule has 0 aromatic carbocycles. The summed E-state index contributed by atoms with van der Waals surface area (Å²) in [6, 6.07) is 0. The molecule has 1 atom stereocenters. The van der Waals surface area contributed by atoms with Gasteiger partial charge in [-0.05, 0) is 89.9 Å². The van der Waals surface area contributed by atoms with Gasteiger partial charge < -0.3 is 14.2 Å². The summed E-state index contributed by atoms with van der Waals surface area (Å²) in [5.41, 5.74) is 0. The van der Waals surface area contributed by atoms with E-state index < -0.39 is 6.10 Å². The van der Waals surface area contributed by atoms with E-state index in [1.54, 1.807) is 0 Å². The average Bonchev–Trinajstić information content (AvgIpc) is 3.20. The lowest BCUT2D eigenvalue weighted by Gasteiger charge is -2.18. The van der Waals surface area contributed by atoms with Crippen LogP contribution in [0.15, 0.2) is 85.1 Å². The largest absolute Gasteiger partial charge is 0.462 e. The monoisotopic (exact) mass is 779 g/mol. The number of rotatable bonds is 41. The molecule has 5 nitrogen and oxygen atoms in total. The highest BCUT2D eigenvalue weighted by Gasteiger charge is 2.17. The molecule has 0 aromatic rings. The molecule has 0 aliphatic rings. The molecule has 0 saturated heterocycles. The molecule has 0 radical (unpaired) electrons. The molecule has 0 fully saturated rings. The van der Waals surface area contributed by atoms with Crippen LogP contribution >= 0.6 is 0 Å². The Balaban J connectivity index is 4.23. The van der Waals surface area contributed by atoms with E-state index in [2.05, 4.69) is 106 Å². The van der Waals surface area contributed by atoms with Gasteiger partial charge >= 0.3 is 11.9 Å². The van der Waals surface area contributed by atoms with E-state index in [9.17, 15) is 9.59 Å². The van der Waals surface area contributed by atoms with Crippen molar-refractivity contribution in [3.63, 3.8) is 0 Å². The van der Waals surface area contributed by atoms with Crippen molar-refractivity contribution in [2.45, 2.75) is 207 Å². The number of esters is 2. The summed E-state index contributed by atoms with van der Waals surface area (Å²) in [6.07, 6.45) is 60.2. The maximum absolute atomic E-state index is 12.6. The smallest absolute Gasteiger partial charge is 0.306 e. The van der Waals surface area contributed by atoms with E-state index in [-0.39, 0.29) is 25.2 Å². The zero-order valence-corrected chi connectivity index (χ0v) is 36.6. The molecule has 0 aromatic heterocycles. The van der Waals surface area contributed by atoms with Crippen LogP contribution in [-0.4, -0.2) is 37.9 Å². The Kier molecular flexibility index (Phi) is 44.0. The SMILES string of the molecule is CC/C=C\C/C=C\C/C=C\C/C=C\CCCCCOCC(COC(=O)CCCCCCCCC/C=C\C/C=C\C/C=C\CC)OC(=O)CCCCCCCCC. The first-order valence-corrected chi connectivity index (χ1v) is 23.1. The molecule has 0 spiro atoms. The predicted molar refractivity (Wildman–Crippen MR) is 242 cm³/mol. The van der Waals surface area contributed by atoms with Gasteiger partial charge in [0, 0.05) is 19.4 Å². The van der Waals surface area contributed by atoms with Crippen LogP contribution in [0.4, 0.5) is 0 Å². The summed E-state index contributed by atoms with van der Waals surface area (Å²) in [7, 11) is 0. The van der Waals surface area contributed by atoms with Crippen molar-refractivity contribution < 1.29 is 23.8 Å². The Morgan fingerprint density at radius 3 is 1.29 bits per heavy atom. The van der Waals surface area contributed by atoms with Gasteiger partial charge in [-0.1, -0.05) is 183 Å². The molecule has 0 heterocycles. The summed E-state index contributed by atoms with van der Waals surface area (Å²) in [5, 5.41) is 0. The van der Waals surface area contributed by atoms with Gasteiger partial charge in [0.1, 0.15) is 6.61 Å². The number of unbranched alkanes of at least 4 members (excludes halogenated alkanes) is 16. The summed E-state index contributed by atoms with van der Waals surface area (Å²) < 4.78 is 17.2. The predicted octanol–water partition coefficient (Wildman–Crippen LogP) is 15.3. The zero-order valence-electron chi connectivity index (χ0n) is 36.6. The first-order valence-electron chi connectivity index (χ1n) is 23.1. The van der Waals surface area contributed by atoms with Gasteiger partial charge in [0.25, 0.3) is 0 Å². The van der Waals surface area contributed by atoms with Crippen LogP contribution in [0, 0.1) is 0 Å². The molecule has 320 valence electrons. The summed E-state index contributed by atoms with van der Waals surface area (Å²) in [4.78, 5) is 25.2. The number of carbonyl (C=O) groups excluding carboxylic acids is 2. The summed E-state index contributed by atoms with van der Waals surface area (Å²) in [6.45, 7) is 7.48. The van der Waals surface area contributed by atoms with Gasteiger partial charge in [-0.2, -0.15) is 0 Å². The Labute approximate surface area is 346 Å². The number of ether oxygens (including phenoxy) is 3. The average molecular weight is 779 g/mol. The Hall–Kier alpha value is -2.92. The molecule has 1 unspecified atom stereocenters. The van der Waals surface area contributed by atoms with E-state index in [0.717, 1.165) is 116 Å². The van der Waals surface area contributed by atoms with Gasteiger partial charge in [0.15, 0.2) is 6.10 Å².